The van der Waals surface area contributed by atoms with Crippen LogP contribution in [0.5, 0.6) is 0 Å². The van der Waals surface area contributed by atoms with Crippen LogP contribution < -0.4 is 16.4 Å². The Kier molecular flexibility index (Phi) is 27.5. The second-order valence-electron chi connectivity index (χ2n) is 13.0. The second-order valence-corrected chi connectivity index (χ2v) is 36.6. The van der Waals surface area contributed by atoms with Gasteiger partial charge in [0.25, 0.3) is 0 Å². The number of amides is 2. The van der Waals surface area contributed by atoms with Gasteiger partial charge in [-0.25, -0.2) is 0 Å². The molecule has 0 aromatic heterocycles. The first-order valence-corrected chi connectivity index (χ1v) is 33.5. The average Bonchev–Trinajstić information content (AvgIpc) is 3.05. The summed E-state index contributed by atoms with van der Waals surface area (Å²) in [6.07, 6.45) is 13.0. The van der Waals surface area contributed by atoms with Crippen LogP contribution in [0.1, 0.15) is 131 Å². The summed E-state index contributed by atoms with van der Waals surface area (Å²) in [4.78, 5) is 51.8. The van der Waals surface area contributed by atoms with Crippen molar-refractivity contribution in [3.8, 4) is 0 Å². The van der Waals surface area contributed by atoms with E-state index in [1.165, 1.54) is 0 Å². The second kappa shape index (κ2) is 27.6. The maximum absolute atomic E-state index is 13.1. The van der Waals surface area contributed by atoms with Crippen molar-refractivity contribution in [2.75, 3.05) is 12.3 Å². The summed E-state index contributed by atoms with van der Waals surface area (Å²) in [6.45, 7) is 12.8. The van der Waals surface area contributed by atoms with Crippen LogP contribution in [-0.2, 0) is 25.3 Å². The van der Waals surface area contributed by atoms with Gasteiger partial charge in [-0.1, -0.05) is 0 Å². The molecule has 4 N–H and O–H groups in total. The fourth-order valence-corrected chi connectivity index (χ4v) is 32.4. The Balaban J connectivity index is 5.13. The van der Waals surface area contributed by atoms with Crippen molar-refractivity contribution in [2.45, 2.75) is 170 Å². The Morgan fingerprint density at radius 2 is 1.07 bits per heavy atom. The van der Waals surface area contributed by atoms with Crippen LogP contribution in [0.4, 0.5) is 0 Å². The molecule has 0 saturated heterocycles. The van der Waals surface area contributed by atoms with Crippen molar-refractivity contribution in [1.82, 2.24) is 10.6 Å². The van der Waals surface area contributed by atoms with Crippen LogP contribution in [-0.4, -0.2) is 85.7 Å². The van der Waals surface area contributed by atoms with E-state index in [4.69, 9.17) is 11.9 Å². The molecule has 12 heteroatoms. The van der Waals surface area contributed by atoms with E-state index in [0.717, 1.165) is 104 Å². The first-order chi connectivity index (χ1) is 22.0. The van der Waals surface area contributed by atoms with Crippen LogP contribution in [0.15, 0.2) is 0 Å². The van der Waals surface area contributed by atoms with Crippen molar-refractivity contribution < 1.29 is 25.3 Å². The summed E-state index contributed by atoms with van der Waals surface area (Å²) >= 11 is -2.06. The number of rotatable bonds is 29. The molecule has 0 bridgehead atoms. The Labute approximate surface area is 296 Å². The zero-order valence-electron chi connectivity index (χ0n) is 30.2. The predicted octanol–water partition coefficient (Wildman–Crippen LogP) is 7.40. The Morgan fingerprint density at radius 1 is 0.674 bits per heavy atom. The zero-order chi connectivity index (χ0) is 34.8. The predicted molar refractivity (Wildman–Crippen MR) is 198 cm³/mol. The van der Waals surface area contributed by atoms with E-state index in [1.54, 1.807) is 0 Å². The summed E-state index contributed by atoms with van der Waals surface area (Å²) in [6, 6.07) is -1.80. The standard InChI is InChI=1S/C10H17N3O6S.6C4H9.2Sn/c11-5(10(18)19)1-2-7(14)13-6(4-20)9(17)12-3-8(15)16;6*1-3-4-2;;/h5-6,20H,1-4,11H2,(H,12,17)(H,13,14)(H,15,16)(H,18,19);6*1,3-4H2,2H3;;/q;;;;;;;2*+1/p-2/t5-,6-;;;;;;;;/m0......../s1. The van der Waals surface area contributed by atoms with Crippen LogP contribution in [0.3, 0.4) is 0 Å². The Morgan fingerprint density at radius 3 is 1.43 bits per heavy atom. The maximum atomic E-state index is 13.1. The molecule has 0 aliphatic rings. The first-order valence-electron chi connectivity index (χ1n) is 18.4. The Bertz CT molecular complexity index is 823. The van der Waals surface area contributed by atoms with Gasteiger partial charge in [-0.3, -0.25) is 0 Å². The molecular formula is C34H69N3O6SSn2. The van der Waals surface area contributed by atoms with Crippen LogP contribution in [0, 0.1) is 0 Å². The molecule has 0 aliphatic carbocycles. The molecule has 0 saturated carbocycles. The van der Waals surface area contributed by atoms with Gasteiger partial charge < -0.3 is 0 Å². The third-order valence-corrected chi connectivity index (χ3v) is 34.5. The molecule has 0 rings (SSSR count). The third-order valence-electron chi connectivity index (χ3n) is 8.79. The molecular weight excluding hydrogens is 816 g/mol. The van der Waals surface area contributed by atoms with E-state index in [1.807, 2.05) is 0 Å². The van der Waals surface area contributed by atoms with E-state index in [-0.39, 0.29) is 37.1 Å². The van der Waals surface area contributed by atoms with Crippen molar-refractivity contribution in [3.05, 3.63) is 0 Å². The van der Waals surface area contributed by atoms with E-state index >= 15 is 0 Å². The summed E-state index contributed by atoms with van der Waals surface area (Å²) < 4.78 is 18.8. The van der Waals surface area contributed by atoms with Gasteiger partial charge in [-0.15, -0.1) is 0 Å². The Hall–Kier alpha value is -0.213. The van der Waals surface area contributed by atoms with Crippen molar-refractivity contribution >= 4 is 74.0 Å². The number of thiol groups is 1. The molecule has 9 nitrogen and oxygen atoms in total. The van der Waals surface area contributed by atoms with Crippen LogP contribution in [0.2, 0.25) is 26.6 Å². The minimum atomic E-state index is -3.17. The fourth-order valence-electron chi connectivity index (χ4n) is 5.76. The number of carbonyl (C=O) groups is 4. The molecule has 0 radical (unpaired) electrons. The summed E-state index contributed by atoms with van der Waals surface area (Å²) in [5.74, 6) is -1.57. The van der Waals surface area contributed by atoms with Crippen LogP contribution in [0.25, 0.3) is 0 Å². The molecule has 0 unspecified atom stereocenters. The number of carbonyl (C=O) groups excluding carboxylic acids is 4. The van der Waals surface area contributed by atoms with E-state index in [2.05, 4.69) is 64.8 Å². The molecule has 0 aromatic carbocycles. The van der Waals surface area contributed by atoms with Gasteiger partial charge in [0.2, 0.25) is 0 Å². The van der Waals surface area contributed by atoms with Gasteiger partial charge in [0.05, 0.1) is 0 Å². The molecule has 0 spiro atoms. The number of hydrogen-bond acceptors (Lipinski definition) is 8. The third kappa shape index (κ3) is 19.7. The molecule has 46 heavy (non-hydrogen) atoms. The number of hydrogen-bond donors (Lipinski definition) is 4. The molecule has 2 amide bonds. The van der Waals surface area contributed by atoms with Gasteiger partial charge >= 0.3 is 298 Å². The van der Waals surface area contributed by atoms with Gasteiger partial charge in [0.15, 0.2) is 0 Å². The summed E-state index contributed by atoms with van der Waals surface area (Å²) in [7, 11) is 0. The SMILES string of the molecule is CCC[CH2][Sn]([CH2]CCC)([CH2]CCC)[O]C(=O)CNC(=O)[C@H](CS)NC(=O)CC[C@H](N)C(=O)[O][Sn]([CH2]CCC)([CH2]CCC)[CH2]CCC. The summed E-state index contributed by atoms with van der Waals surface area (Å²) in [5.41, 5.74) is 6.24. The van der Waals surface area contributed by atoms with E-state index in [0.29, 0.717) is 0 Å². The van der Waals surface area contributed by atoms with Gasteiger partial charge in [0.1, 0.15) is 0 Å². The molecule has 270 valence electrons. The van der Waals surface area contributed by atoms with Crippen molar-refractivity contribution in [3.63, 3.8) is 0 Å². The quantitative estimate of drug-likeness (QED) is 0.0454. The van der Waals surface area contributed by atoms with E-state index < -0.39 is 61.5 Å². The number of nitrogens with two attached hydrogens (primary N) is 1. The molecule has 2 atom stereocenters. The first kappa shape index (κ1) is 45.8. The normalized spacial score (nSPS) is 13.1. The topological polar surface area (TPSA) is 137 Å². The van der Waals surface area contributed by atoms with Gasteiger partial charge in [0, 0.05) is 0 Å². The van der Waals surface area contributed by atoms with Gasteiger partial charge in [-0.2, -0.15) is 0 Å². The van der Waals surface area contributed by atoms with Crippen molar-refractivity contribution in [2.24, 2.45) is 5.73 Å². The summed E-state index contributed by atoms with van der Waals surface area (Å²) in [5, 5.41) is 5.34. The number of unbranched alkanes of at least 4 members (excludes halogenated alkanes) is 6. The van der Waals surface area contributed by atoms with E-state index in [9.17, 15) is 19.2 Å². The monoisotopic (exact) mass is 887 g/mol. The molecule has 0 fully saturated rings. The molecule has 0 heterocycles. The van der Waals surface area contributed by atoms with Gasteiger partial charge in [-0.05, 0) is 0 Å². The van der Waals surface area contributed by atoms with Crippen molar-refractivity contribution in [1.29, 1.82) is 0 Å². The molecule has 0 aromatic rings. The fraction of sp³-hybridized carbons (Fsp3) is 0.882. The number of nitrogens with one attached hydrogen (secondary N) is 2. The minimum absolute atomic E-state index is 0.0134. The zero-order valence-corrected chi connectivity index (χ0v) is 36.8. The average molecular weight is 885 g/mol. The molecule has 0 aliphatic heterocycles. The van der Waals surface area contributed by atoms with Crippen LogP contribution >= 0.6 is 12.6 Å².